The van der Waals surface area contributed by atoms with Gasteiger partial charge in [-0.1, -0.05) is 68.7 Å². The average Bonchev–Trinajstić information content (AvgIpc) is 2.99. The van der Waals surface area contributed by atoms with Crippen molar-refractivity contribution in [3.8, 4) is 0 Å². The fourth-order valence-electron chi connectivity index (χ4n) is 3.05. The number of nitrogens with zero attached hydrogens (tertiary/aromatic N) is 2. The lowest BCUT2D eigenvalue weighted by Gasteiger charge is -2.20. The van der Waals surface area contributed by atoms with E-state index in [1.807, 2.05) is 6.33 Å². The number of unbranched alkanes of at least 4 members (excludes halogenated alkanes) is 2. The molecule has 2 nitrogen and oxygen atoms in total. The molecular formula is C20H23N2. The summed E-state index contributed by atoms with van der Waals surface area (Å²) in [5, 5.41) is 0. The third kappa shape index (κ3) is 3.38. The van der Waals surface area contributed by atoms with Gasteiger partial charge in [0.15, 0.2) is 0 Å². The number of para-hydroxylation sites is 2. The van der Waals surface area contributed by atoms with E-state index in [9.17, 15) is 0 Å². The monoisotopic (exact) mass is 291 g/mol. The topological polar surface area (TPSA) is 17.8 Å². The maximum atomic E-state index is 4.56. The standard InChI is InChI=1S/C20H23N2/c1-2-3-5-12-18(15-17-10-6-4-7-11-17)22-16-21-19-13-8-9-14-20(19)22/h4,6-11,13-14,16,18H,1-3,5,12,15H2. The van der Waals surface area contributed by atoms with Gasteiger partial charge in [-0.25, -0.2) is 4.98 Å². The van der Waals surface area contributed by atoms with E-state index in [4.69, 9.17) is 0 Å². The lowest BCUT2D eigenvalue weighted by molar-refractivity contribution is 0.452. The molecule has 0 spiro atoms. The number of aromatic nitrogens is 2. The third-order valence-corrected chi connectivity index (χ3v) is 4.23. The second-order valence-electron chi connectivity index (χ2n) is 5.83. The van der Waals surface area contributed by atoms with Crippen molar-refractivity contribution in [2.75, 3.05) is 0 Å². The van der Waals surface area contributed by atoms with Crippen LogP contribution in [0.4, 0.5) is 0 Å². The number of benzene rings is 2. The molecular weight excluding hydrogens is 268 g/mol. The normalized spacial score (nSPS) is 12.6. The molecule has 0 saturated heterocycles. The van der Waals surface area contributed by atoms with Crippen LogP contribution >= 0.6 is 0 Å². The van der Waals surface area contributed by atoms with Gasteiger partial charge in [0.25, 0.3) is 0 Å². The summed E-state index contributed by atoms with van der Waals surface area (Å²) in [6.07, 6.45) is 7.65. The van der Waals surface area contributed by atoms with Crippen LogP contribution in [0.25, 0.3) is 11.0 Å². The smallest absolute Gasteiger partial charge is 0.0961 e. The summed E-state index contributed by atoms with van der Waals surface area (Å²) in [6, 6.07) is 19.6. The molecule has 1 aromatic heterocycles. The molecule has 1 atom stereocenters. The summed E-state index contributed by atoms with van der Waals surface area (Å²) in [4.78, 5) is 4.56. The first kappa shape index (κ1) is 14.8. The Balaban J connectivity index is 1.87. The van der Waals surface area contributed by atoms with Crippen LogP contribution in [0, 0.1) is 6.92 Å². The Hall–Kier alpha value is -2.09. The maximum absolute atomic E-state index is 4.56. The van der Waals surface area contributed by atoms with E-state index in [1.54, 1.807) is 0 Å². The van der Waals surface area contributed by atoms with Crippen molar-refractivity contribution >= 4 is 11.0 Å². The number of hydrogen-bond acceptors (Lipinski definition) is 1. The van der Waals surface area contributed by atoms with Gasteiger partial charge in [-0.2, -0.15) is 0 Å². The highest BCUT2D eigenvalue weighted by Gasteiger charge is 2.14. The van der Waals surface area contributed by atoms with Gasteiger partial charge in [0, 0.05) is 6.04 Å². The van der Waals surface area contributed by atoms with Crippen molar-refractivity contribution < 1.29 is 0 Å². The molecule has 2 heteroatoms. The van der Waals surface area contributed by atoms with E-state index in [-0.39, 0.29) is 0 Å². The van der Waals surface area contributed by atoms with Crippen LogP contribution in [-0.2, 0) is 6.42 Å². The van der Waals surface area contributed by atoms with Crippen molar-refractivity contribution in [2.24, 2.45) is 0 Å². The first-order chi connectivity index (χ1) is 10.9. The number of fused-ring (bicyclic) bond motifs is 1. The van der Waals surface area contributed by atoms with E-state index in [1.165, 1.54) is 30.3 Å². The van der Waals surface area contributed by atoms with Crippen molar-refractivity contribution in [3.63, 3.8) is 0 Å². The quantitative estimate of drug-likeness (QED) is 0.546. The van der Waals surface area contributed by atoms with E-state index in [0.29, 0.717) is 6.04 Å². The SMILES string of the molecule is [CH2]CCCCC(Cc1ccccc1)n1cnc2ccccc21. The van der Waals surface area contributed by atoms with Gasteiger partial charge >= 0.3 is 0 Å². The van der Waals surface area contributed by atoms with Gasteiger partial charge in [0.1, 0.15) is 0 Å². The molecule has 22 heavy (non-hydrogen) atoms. The van der Waals surface area contributed by atoms with Crippen LogP contribution < -0.4 is 0 Å². The summed E-state index contributed by atoms with van der Waals surface area (Å²) < 4.78 is 2.35. The average molecular weight is 291 g/mol. The minimum absolute atomic E-state index is 0.460. The molecule has 3 rings (SSSR count). The molecule has 0 aliphatic heterocycles. The van der Waals surface area contributed by atoms with E-state index in [0.717, 1.165) is 18.4 Å². The maximum Gasteiger partial charge on any atom is 0.0961 e. The molecule has 0 N–H and O–H groups in total. The fraction of sp³-hybridized carbons (Fsp3) is 0.300. The van der Waals surface area contributed by atoms with Crippen LogP contribution in [0.15, 0.2) is 60.9 Å². The van der Waals surface area contributed by atoms with Gasteiger partial charge in [-0.3, -0.25) is 0 Å². The van der Waals surface area contributed by atoms with Crippen LogP contribution in [0.5, 0.6) is 0 Å². The lowest BCUT2D eigenvalue weighted by Crippen LogP contribution is -2.11. The van der Waals surface area contributed by atoms with Crippen molar-refractivity contribution in [1.29, 1.82) is 0 Å². The van der Waals surface area contributed by atoms with E-state index >= 15 is 0 Å². The Morgan fingerprint density at radius 1 is 0.955 bits per heavy atom. The van der Waals surface area contributed by atoms with Gasteiger partial charge in [0.2, 0.25) is 0 Å². The van der Waals surface area contributed by atoms with Crippen LogP contribution in [-0.4, -0.2) is 9.55 Å². The summed E-state index contributed by atoms with van der Waals surface area (Å²) in [6.45, 7) is 3.96. The van der Waals surface area contributed by atoms with E-state index < -0.39 is 0 Å². The largest absolute Gasteiger partial charge is 0.327 e. The molecule has 3 aromatic rings. The molecule has 0 aliphatic carbocycles. The lowest BCUT2D eigenvalue weighted by atomic mass is 10.00. The molecule has 1 radical (unpaired) electrons. The molecule has 1 heterocycles. The highest BCUT2D eigenvalue weighted by atomic mass is 15.1. The molecule has 113 valence electrons. The zero-order valence-corrected chi connectivity index (χ0v) is 13.0. The van der Waals surface area contributed by atoms with E-state index in [2.05, 4.69) is 71.1 Å². The van der Waals surface area contributed by atoms with Gasteiger partial charge in [0.05, 0.1) is 17.4 Å². The molecule has 0 fully saturated rings. The van der Waals surface area contributed by atoms with Crippen LogP contribution in [0.1, 0.15) is 37.3 Å². The summed E-state index contributed by atoms with van der Waals surface area (Å²) in [7, 11) is 0. The Kier molecular flexibility index (Phi) is 4.89. The second kappa shape index (κ2) is 7.26. The first-order valence-electron chi connectivity index (χ1n) is 8.13. The highest BCUT2D eigenvalue weighted by Crippen LogP contribution is 2.25. The van der Waals surface area contributed by atoms with Crippen molar-refractivity contribution in [3.05, 3.63) is 73.4 Å². The molecule has 1 unspecified atom stereocenters. The molecule has 0 bridgehead atoms. The number of rotatable bonds is 7. The fourth-order valence-corrected chi connectivity index (χ4v) is 3.05. The van der Waals surface area contributed by atoms with Gasteiger partial charge in [-0.05, 0) is 30.5 Å². The molecule has 0 amide bonds. The summed E-state index contributed by atoms with van der Waals surface area (Å²) >= 11 is 0. The molecule has 0 saturated carbocycles. The Morgan fingerprint density at radius 2 is 1.73 bits per heavy atom. The molecule has 2 aromatic carbocycles. The van der Waals surface area contributed by atoms with Crippen molar-refractivity contribution in [2.45, 2.75) is 38.1 Å². The van der Waals surface area contributed by atoms with Gasteiger partial charge in [-0.15, -0.1) is 0 Å². The Morgan fingerprint density at radius 3 is 2.55 bits per heavy atom. The predicted octanol–water partition coefficient (Wildman–Crippen LogP) is 5.21. The highest BCUT2D eigenvalue weighted by molar-refractivity contribution is 5.75. The number of hydrogen-bond donors (Lipinski definition) is 0. The zero-order valence-electron chi connectivity index (χ0n) is 13.0. The van der Waals surface area contributed by atoms with Crippen LogP contribution in [0.2, 0.25) is 0 Å². The summed E-state index contributed by atoms with van der Waals surface area (Å²) in [5.74, 6) is 0. The number of imidazole rings is 1. The Bertz CT molecular complexity index is 700. The first-order valence-corrected chi connectivity index (χ1v) is 8.13. The summed E-state index contributed by atoms with van der Waals surface area (Å²) in [5.41, 5.74) is 3.70. The van der Waals surface area contributed by atoms with Crippen molar-refractivity contribution in [1.82, 2.24) is 9.55 Å². The zero-order chi connectivity index (χ0) is 15.2. The molecule has 0 aliphatic rings. The second-order valence-corrected chi connectivity index (χ2v) is 5.83. The Labute approximate surface area is 132 Å². The van der Waals surface area contributed by atoms with Gasteiger partial charge < -0.3 is 4.57 Å². The predicted molar refractivity (Wildman–Crippen MR) is 92.7 cm³/mol. The minimum Gasteiger partial charge on any atom is -0.327 e. The minimum atomic E-state index is 0.460. The van der Waals surface area contributed by atoms with Crippen LogP contribution in [0.3, 0.4) is 0 Å². The third-order valence-electron chi connectivity index (χ3n) is 4.23.